The van der Waals surface area contributed by atoms with E-state index in [1.807, 2.05) is 12.1 Å². The van der Waals surface area contributed by atoms with Gasteiger partial charge in [0.05, 0.1) is 0 Å². The summed E-state index contributed by atoms with van der Waals surface area (Å²) in [5.74, 6) is 0.625. The fourth-order valence-electron chi connectivity index (χ4n) is 3.17. The lowest BCUT2D eigenvalue weighted by Crippen LogP contribution is -2.39. The Morgan fingerprint density at radius 3 is 2.68 bits per heavy atom. The summed E-state index contributed by atoms with van der Waals surface area (Å²) < 4.78 is 0. The monoisotopic (exact) mass is 260 g/mol. The first-order chi connectivity index (χ1) is 9.20. The van der Waals surface area contributed by atoms with Crippen LogP contribution in [0.5, 0.6) is 0 Å². The standard InChI is InChI=1S/C17H28N2/c1-3-17-6-4-5-12-19(17)13-11-14(2)15-7-9-16(18)10-8-15/h7-10,14,17H,3-6,11-13,18H2,1-2H3. The van der Waals surface area contributed by atoms with E-state index in [4.69, 9.17) is 5.73 Å². The van der Waals surface area contributed by atoms with Gasteiger partial charge < -0.3 is 10.6 Å². The second-order valence-electron chi connectivity index (χ2n) is 5.95. The zero-order valence-electron chi connectivity index (χ0n) is 12.4. The largest absolute Gasteiger partial charge is 0.399 e. The fourth-order valence-corrected chi connectivity index (χ4v) is 3.17. The molecule has 0 bridgehead atoms. The van der Waals surface area contributed by atoms with Crippen molar-refractivity contribution in [3.05, 3.63) is 29.8 Å². The minimum Gasteiger partial charge on any atom is -0.399 e. The van der Waals surface area contributed by atoms with Gasteiger partial charge in [-0.25, -0.2) is 0 Å². The van der Waals surface area contributed by atoms with Crippen molar-refractivity contribution < 1.29 is 0 Å². The number of hydrogen-bond donors (Lipinski definition) is 1. The van der Waals surface area contributed by atoms with E-state index >= 15 is 0 Å². The van der Waals surface area contributed by atoms with Crippen molar-refractivity contribution in [1.82, 2.24) is 4.90 Å². The normalized spacial score (nSPS) is 22.3. The van der Waals surface area contributed by atoms with Crippen LogP contribution in [0.3, 0.4) is 0 Å². The number of nitrogens with zero attached hydrogens (tertiary/aromatic N) is 1. The molecule has 2 nitrogen and oxygen atoms in total. The Balaban J connectivity index is 1.85. The molecule has 1 saturated heterocycles. The van der Waals surface area contributed by atoms with Crippen LogP contribution in [-0.4, -0.2) is 24.0 Å². The van der Waals surface area contributed by atoms with Gasteiger partial charge in [0, 0.05) is 11.7 Å². The Bertz CT molecular complexity index is 371. The van der Waals surface area contributed by atoms with E-state index in [9.17, 15) is 0 Å². The van der Waals surface area contributed by atoms with Gasteiger partial charge in [-0.05, 0) is 62.4 Å². The average Bonchev–Trinajstić information content (AvgIpc) is 2.45. The molecule has 1 aliphatic heterocycles. The van der Waals surface area contributed by atoms with Crippen LogP contribution in [0.2, 0.25) is 0 Å². The van der Waals surface area contributed by atoms with Gasteiger partial charge in [-0.3, -0.25) is 0 Å². The van der Waals surface area contributed by atoms with Gasteiger partial charge >= 0.3 is 0 Å². The van der Waals surface area contributed by atoms with Crippen molar-refractivity contribution in [3.63, 3.8) is 0 Å². The molecule has 0 aromatic heterocycles. The molecule has 0 amide bonds. The van der Waals surface area contributed by atoms with Gasteiger partial charge in [0.25, 0.3) is 0 Å². The van der Waals surface area contributed by atoms with Crippen LogP contribution in [0.15, 0.2) is 24.3 Å². The maximum absolute atomic E-state index is 5.75. The van der Waals surface area contributed by atoms with Gasteiger partial charge in [-0.1, -0.05) is 32.4 Å². The predicted octanol–water partition coefficient (Wildman–Crippen LogP) is 4.03. The quantitative estimate of drug-likeness (QED) is 0.810. The second-order valence-corrected chi connectivity index (χ2v) is 5.95. The Kier molecular flexibility index (Phi) is 5.26. The van der Waals surface area contributed by atoms with E-state index in [1.165, 1.54) is 50.8 Å². The summed E-state index contributed by atoms with van der Waals surface area (Å²) in [4.78, 5) is 2.71. The Morgan fingerprint density at radius 2 is 2.00 bits per heavy atom. The van der Waals surface area contributed by atoms with Crippen LogP contribution in [0, 0.1) is 0 Å². The number of benzene rings is 1. The fraction of sp³-hybridized carbons (Fsp3) is 0.647. The summed E-state index contributed by atoms with van der Waals surface area (Å²) in [6, 6.07) is 9.21. The van der Waals surface area contributed by atoms with E-state index in [2.05, 4.69) is 30.9 Å². The molecule has 19 heavy (non-hydrogen) atoms. The molecule has 1 fully saturated rings. The molecular weight excluding hydrogens is 232 g/mol. The van der Waals surface area contributed by atoms with Crippen LogP contribution >= 0.6 is 0 Å². The molecule has 1 aromatic carbocycles. The highest BCUT2D eigenvalue weighted by Crippen LogP contribution is 2.24. The Morgan fingerprint density at radius 1 is 1.26 bits per heavy atom. The van der Waals surface area contributed by atoms with Gasteiger partial charge in [0.2, 0.25) is 0 Å². The van der Waals surface area contributed by atoms with Crippen molar-refractivity contribution in [1.29, 1.82) is 0 Å². The van der Waals surface area contributed by atoms with E-state index < -0.39 is 0 Å². The molecule has 2 unspecified atom stereocenters. The van der Waals surface area contributed by atoms with E-state index in [0.717, 1.165) is 11.7 Å². The minimum atomic E-state index is 0.625. The molecule has 2 heteroatoms. The Hall–Kier alpha value is -1.02. The summed E-state index contributed by atoms with van der Waals surface area (Å²) in [6.07, 6.45) is 6.75. The SMILES string of the molecule is CCC1CCCCN1CCC(C)c1ccc(N)cc1. The summed E-state index contributed by atoms with van der Waals surface area (Å²) >= 11 is 0. The van der Waals surface area contributed by atoms with Crippen LogP contribution in [0.25, 0.3) is 0 Å². The van der Waals surface area contributed by atoms with Gasteiger partial charge in [0.1, 0.15) is 0 Å². The number of nitrogens with two attached hydrogens (primary N) is 1. The molecule has 0 saturated carbocycles. The van der Waals surface area contributed by atoms with E-state index in [-0.39, 0.29) is 0 Å². The van der Waals surface area contributed by atoms with Crippen molar-refractivity contribution >= 4 is 5.69 Å². The van der Waals surface area contributed by atoms with Crippen LogP contribution in [0.4, 0.5) is 5.69 Å². The first-order valence-corrected chi connectivity index (χ1v) is 7.80. The number of likely N-dealkylation sites (tertiary alicyclic amines) is 1. The molecule has 0 radical (unpaired) electrons. The smallest absolute Gasteiger partial charge is 0.0314 e. The third kappa shape index (κ3) is 3.97. The summed E-state index contributed by atoms with van der Waals surface area (Å²) in [6.45, 7) is 7.19. The third-order valence-corrected chi connectivity index (χ3v) is 4.58. The van der Waals surface area contributed by atoms with Crippen LogP contribution in [-0.2, 0) is 0 Å². The first-order valence-electron chi connectivity index (χ1n) is 7.80. The van der Waals surface area contributed by atoms with Crippen molar-refractivity contribution in [2.45, 2.75) is 57.9 Å². The molecule has 1 aromatic rings. The van der Waals surface area contributed by atoms with E-state index in [1.54, 1.807) is 0 Å². The first kappa shape index (κ1) is 14.4. The second kappa shape index (κ2) is 6.95. The van der Waals surface area contributed by atoms with E-state index in [0.29, 0.717) is 5.92 Å². The average molecular weight is 260 g/mol. The van der Waals surface area contributed by atoms with Crippen molar-refractivity contribution in [2.75, 3.05) is 18.8 Å². The van der Waals surface area contributed by atoms with Gasteiger partial charge in [0.15, 0.2) is 0 Å². The van der Waals surface area contributed by atoms with Crippen LogP contribution in [0.1, 0.15) is 57.4 Å². The number of anilines is 1. The maximum Gasteiger partial charge on any atom is 0.0314 e. The molecule has 1 aliphatic rings. The number of nitrogen functional groups attached to an aromatic ring is 1. The molecule has 0 spiro atoms. The Labute approximate surface area is 118 Å². The zero-order valence-corrected chi connectivity index (χ0v) is 12.4. The molecule has 2 atom stereocenters. The lowest BCUT2D eigenvalue weighted by Gasteiger charge is -2.35. The van der Waals surface area contributed by atoms with Crippen molar-refractivity contribution in [3.8, 4) is 0 Å². The highest BCUT2D eigenvalue weighted by molar-refractivity contribution is 5.40. The van der Waals surface area contributed by atoms with Gasteiger partial charge in [-0.2, -0.15) is 0 Å². The highest BCUT2D eigenvalue weighted by atomic mass is 15.2. The summed E-state index contributed by atoms with van der Waals surface area (Å²) in [5.41, 5.74) is 8.02. The van der Waals surface area contributed by atoms with Gasteiger partial charge in [-0.15, -0.1) is 0 Å². The molecule has 2 rings (SSSR count). The molecule has 1 heterocycles. The summed E-state index contributed by atoms with van der Waals surface area (Å²) in [7, 11) is 0. The lowest BCUT2D eigenvalue weighted by atomic mass is 9.95. The maximum atomic E-state index is 5.75. The third-order valence-electron chi connectivity index (χ3n) is 4.58. The number of piperidine rings is 1. The molecule has 0 aliphatic carbocycles. The highest BCUT2D eigenvalue weighted by Gasteiger charge is 2.20. The topological polar surface area (TPSA) is 29.3 Å². The number of rotatable bonds is 5. The predicted molar refractivity (Wildman–Crippen MR) is 83.4 cm³/mol. The number of hydrogen-bond acceptors (Lipinski definition) is 2. The molecular formula is C17H28N2. The zero-order chi connectivity index (χ0) is 13.7. The minimum absolute atomic E-state index is 0.625. The van der Waals surface area contributed by atoms with Crippen LogP contribution < -0.4 is 5.73 Å². The molecule has 106 valence electrons. The summed E-state index contributed by atoms with van der Waals surface area (Å²) in [5, 5.41) is 0. The molecule has 2 N–H and O–H groups in total. The lowest BCUT2D eigenvalue weighted by molar-refractivity contribution is 0.140. The van der Waals surface area contributed by atoms with Crippen molar-refractivity contribution in [2.24, 2.45) is 0 Å².